The lowest BCUT2D eigenvalue weighted by Gasteiger charge is -2.24. The molecule has 5 nitrogen and oxygen atoms in total. The molecule has 1 aliphatic heterocycles. The Morgan fingerprint density at radius 3 is 2.24 bits per heavy atom. The molecule has 0 saturated carbocycles. The highest BCUT2D eigenvalue weighted by Crippen LogP contribution is 2.31. The number of piperidine rings is 1. The van der Waals surface area contributed by atoms with E-state index in [9.17, 15) is 21.2 Å². The van der Waals surface area contributed by atoms with Crippen molar-refractivity contribution >= 4 is 19.7 Å². The predicted octanol–water partition coefficient (Wildman–Crippen LogP) is 1.45. The van der Waals surface area contributed by atoms with Crippen molar-refractivity contribution in [2.75, 3.05) is 19.1 Å². The van der Waals surface area contributed by atoms with Gasteiger partial charge in [0.15, 0.2) is 19.7 Å². The maximum Gasteiger partial charge on any atom is 0.179 e. The van der Waals surface area contributed by atoms with Gasteiger partial charge in [-0.3, -0.25) is 0 Å². The molecule has 118 valence electrons. The van der Waals surface area contributed by atoms with E-state index in [-0.39, 0.29) is 6.04 Å². The van der Waals surface area contributed by atoms with Crippen molar-refractivity contribution in [2.45, 2.75) is 35.1 Å². The summed E-state index contributed by atoms with van der Waals surface area (Å²) >= 11 is 0. The summed E-state index contributed by atoms with van der Waals surface area (Å²) in [7, 11) is -7.82. The number of halogens is 1. The van der Waals surface area contributed by atoms with Gasteiger partial charge in [0.2, 0.25) is 0 Å². The third kappa shape index (κ3) is 3.61. The van der Waals surface area contributed by atoms with Crippen LogP contribution in [0.25, 0.3) is 0 Å². The van der Waals surface area contributed by atoms with Crippen LogP contribution in [-0.4, -0.2) is 35.9 Å². The van der Waals surface area contributed by atoms with Gasteiger partial charge < -0.3 is 5.32 Å². The molecule has 21 heavy (non-hydrogen) atoms. The minimum Gasteiger partial charge on any atom is -0.310 e. The largest absolute Gasteiger partial charge is 0.310 e. The molecule has 1 atom stereocenters. The molecule has 1 aromatic rings. The first-order valence-corrected chi connectivity index (χ1v) is 10.4. The fraction of sp³-hybridized carbons (Fsp3) is 0.538. The molecule has 0 spiro atoms. The molecular formula is C13H18FNO4S2. The Kier molecular flexibility index (Phi) is 4.41. The van der Waals surface area contributed by atoms with Gasteiger partial charge in [0.1, 0.15) is 10.7 Å². The van der Waals surface area contributed by atoms with E-state index in [0.717, 1.165) is 44.4 Å². The number of hydrogen-bond acceptors (Lipinski definition) is 5. The first kappa shape index (κ1) is 16.4. The molecule has 1 fully saturated rings. The van der Waals surface area contributed by atoms with Crippen molar-refractivity contribution in [2.24, 2.45) is 0 Å². The molecule has 0 aliphatic carbocycles. The average molecular weight is 335 g/mol. The van der Waals surface area contributed by atoms with Crippen LogP contribution >= 0.6 is 0 Å². The Hall–Kier alpha value is -0.990. The summed E-state index contributed by atoms with van der Waals surface area (Å²) in [6.07, 6.45) is 4.43. The lowest BCUT2D eigenvalue weighted by Crippen LogP contribution is -2.27. The van der Waals surface area contributed by atoms with Gasteiger partial charge in [-0.05, 0) is 37.1 Å². The molecule has 1 N–H and O–H groups in total. The summed E-state index contributed by atoms with van der Waals surface area (Å²) in [6, 6.07) is 2.24. The number of rotatable bonds is 3. The molecule has 1 saturated heterocycles. The Balaban J connectivity index is 2.66. The van der Waals surface area contributed by atoms with E-state index >= 15 is 0 Å². The van der Waals surface area contributed by atoms with Gasteiger partial charge in [-0.15, -0.1) is 0 Å². The van der Waals surface area contributed by atoms with Crippen LogP contribution in [-0.2, 0) is 19.7 Å². The number of hydrogen-bond donors (Lipinski definition) is 1. The fourth-order valence-corrected chi connectivity index (χ4v) is 5.09. The van der Waals surface area contributed by atoms with Gasteiger partial charge >= 0.3 is 0 Å². The smallest absolute Gasteiger partial charge is 0.179 e. The van der Waals surface area contributed by atoms with Gasteiger partial charge in [0.25, 0.3) is 0 Å². The van der Waals surface area contributed by atoms with Crippen LogP contribution in [0, 0.1) is 5.82 Å². The maximum absolute atomic E-state index is 14.2. The zero-order valence-corrected chi connectivity index (χ0v) is 13.5. The summed E-state index contributed by atoms with van der Waals surface area (Å²) in [6.45, 7) is 0.772. The molecule has 2 rings (SSSR count). The molecule has 0 amide bonds. The summed E-state index contributed by atoms with van der Waals surface area (Å²) in [5.74, 6) is -1.01. The molecule has 1 heterocycles. The first-order valence-electron chi connectivity index (χ1n) is 6.57. The highest BCUT2D eigenvalue weighted by Gasteiger charge is 2.28. The Labute approximate surface area is 124 Å². The van der Waals surface area contributed by atoms with E-state index in [1.165, 1.54) is 6.07 Å². The molecule has 8 heteroatoms. The first-order chi connectivity index (χ1) is 9.60. The Morgan fingerprint density at radius 1 is 1.10 bits per heavy atom. The van der Waals surface area contributed by atoms with Crippen molar-refractivity contribution in [1.82, 2.24) is 5.32 Å². The van der Waals surface area contributed by atoms with E-state index in [4.69, 9.17) is 0 Å². The van der Waals surface area contributed by atoms with Gasteiger partial charge in [0.05, 0.1) is 4.90 Å². The molecular weight excluding hydrogens is 317 g/mol. The van der Waals surface area contributed by atoms with Crippen LogP contribution < -0.4 is 5.32 Å². The standard InChI is InChI=1S/C13H18FNO4S2/c1-20(16,17)12-8-9(11-5-3-4-6-15-11)7-10(14)13(12)21(2,18)19/h7-8,11,15H,3-6H2,1-2H3. The normalized spacial score (nSPS) is 20.4. The lowest BCUT2D eigenvalue weighted by molar-refractivity contribution is 0.409. The molecule has 1 unspecified atom stereocenters. The van der Waals surface area contributed by atoms with E-state index in [2.05, 4.69) is 5.32 Å². The van der Waals surface area contributed by atoms with Crippen LogP contribution in [0.4, 0.5) is 4.39 Å². The van der Waals surface area contributed by atoms with E-state index in [1.807, 2.05) is 0 Å². The van der Waals surface area contributed by atoms with Crippen LogP contribution in [0.1, 0.15) is 30.9 Å². The van der Waals surface area contributed by atoms with Crippen molar-refractivity contribution in [3.05, 3.63) is 23.5 Å². The number of nitrogens with one attached hydrogen (secondary N) is 1. The van der Waals surface area contributed by atoms with Gasteiger partial charge in [-0.25, -0.2) is 21.2 Å². The van der Waals surface area contributed by atoms with Crippen molar-refractivity contribution in [3.8, 4) is 0 Å². The highest BCUT2D eigenvalue weighted by molar-refractivity contribution is 7.93. The number of sulfone groups is 2. The van der Waals surface area contributed by atoms with Crippen molar-refractivity contribution < 1.29 is 21.2 Å². The monoisotopic (exact) mass is 335 g/mol. The molecule has 0 bridgehead atoms. The van der Waals surface area contributed by atoms with E-state index in [1.54, 1.807) is 0 Å². The highest BCUT2D eigenvalue weighted by atomic mass is 32.2. The second-order valence-corrected chi connectivity index (χ2v) is 9.31. The summed E-state index contributed by atoms with van der Waals surface area (Å²) in [4.78, 5) is -1.21. The lowest BCUT2D eigenvalue weighted by atomic mass is 9.97. The quantitative estimate of drug-likeness (QED) is 0.904. The second kappa shape index (κ2) is 5.66. The average Bonchev–Trinajstić information content (AvgIpc) is 2.36. The molecule has 1 aromatic carbocycles. The maximum atomic E-state index is 14.2. The predicted molar refractivity (Wildman–Crippen MR) is 77.2 cm³/mol. The minimum atomic E-state index is -3.97. The SMILES string of the molecule is CS(=O)(=O)c1cc(C2CCCCN2)cc(F)c1S(C)(=O)=O. The third-order valence-electron chi connectivity index (χ3n) is 3.51. The minimum absolute atomic E-state index is 0.151. The zero-order valence-electron chi connectivity index (χ0n) is 11.9. The summed E-state index contributed by atoms with van der Waals surface area (Å²) < 4.78 is 61.3. The van der Waals surface area contributed by atoms with Gasteiger partial charge in [0, 0.05) is 18.6 Å². The van der Waals surface area contributed by atoms with Crippen LogP contribution in [0.15, 0.2) is 21.9 Å². The van der Waals surface area contributed by atoms with Gasteiger partial charge in [-0.2, -0.15) is 0 Å². The fourth-order valence-electron chi connectivity index (χ4n) is 2.56. The summed E-state index contributed by atoms with van der Waals surface area (Å²) in [5, 5.41) is 3.19. The Bertz CT molecular complexity index is 751. The molecule has 0 aromatic heterocycles. The Morgan fingerprint density at radius 2 is 1.76 bits per heavy atom. The van der Waals surface area contributed by atoms with Crippen LogP contribution in [0.2, 0.25) is 0 Å². The topological polar surface area (TPSA) is 80.3 Å². The van der Waals surface area contributed by atoms with E-state index < -0.39 is 35.3 Å². The van der Waals surface area contributed by atoms with Crippen LogP contribution in [0.5, 0.6) is 0 Å². The van der Waals surface area contributed by atoms with E-state index in [0.29, 0.717) is 5.56 Å². The molecule has 0 radical (unpaired) electrons. The molecule has 1 aliphatic rings. The second-order valence-electron chi connectivity index (χ2n) is 5.38. The third-order valence-corrected chi connectivity index (χ3v) is 5.92. The van der Waals surface area contributed by atoms with Gasteiger partial charge in [-0.1, -0.05) is 6.42 Å². The van der Waals surface area contributed by atoms with Crippen molar-refractivity contribution in [3.63, 3.8) is 0 Å². The number of benzene rings is 1. The van der Waals surface area contributed by atoms with Crippen LogP contribution in [0.3, 0.4) is 0 Å². The van der Waals surface area contributed by atoms with Crippen molar-refractivity contribution in [1.29, 1.82) is 0 Å². The summed E-state index contributed by atoms with van der Waals surface area (Å²) in [5.41, 5.74) is 0.472. The zero-order chi connectivity index (χ0) is 15.8.